The van der Waals surface area contributed by atoms with E-state index in [2.05, 4.69) is 21.6 Å². The summed E-state index contributed by atoms with van der Waals surface area (Å²) in [5.41, 5.74) is 0.726. The van der Waals surface area contributed by atoms with Gasteiger partial charge >= 0.3 is 0 Å². The van der Waals surface area contributed by atoms with E-state index in [9.17, 15) is 4.79 Å². The molecule has 0 atom stereocenters. The molecule has 0 saturated carbocycles. The van der Waals surface area contributed by atoms with Crippen molar-refractivity contribution in [2.45, 2.75) is 25.0 Å². The monoisotopic (exact) mass is 454 g/mol. The maximum Gasteiger partial charge on any atom is 0.234 e. The molecular formula is C22H22N4O3S2. The van der Waals surface area contributed by atoms with Gasteiger partial charge in [-0.05, 0) is 54.8 Å². The van der Waals surface area contributed by atoms with Crippen molar-refractivity contribution in [3.05, 3.63) is 76.6 Å². The summed E-state index contributed by atoms with van der Waals surface area (Å²) in [5, 5.41) is 14.3. The minimum atomic E-state index is -0.110. The van der Waals surface area contributed by atoms with E-state index < -0.39 is 0 Å². The van der Waals surface area contributed by atoms with Crippen LogP contribution in [-0.4, -0.2) is 33.0 Å². The number of hydrogen-bond acceptors (Lipinski definition) is 7. The van der Waals surface area contributed by atoms with Crippen LogP contribution in [0.1, 0.15) is 23.4 Å². The molecule has 4 aromatic rings. The van der Waals surface area contributed by atoms with E-state index in [-0.39, 0.29) is 11.7 Å². The third-order valence-corrected chi connectivity index (χ3v) is 6.22. The quantitative estimate of drug-likeness (QED) is 0.350. The SMILES string of the molecule is CCOc1ccc(NC(=O)CSc2nnc(Cc3cccs3)n2Cc2ccco2)cc1. The molecule has 0 fully saturated rings. The fourth-order valence-corrected chi connectivity index (χ4v) is 4.43. The molecule has 1 amide bonds. The fraction of sp³-hybridized carbons (Fsp3) is 0.227. The van der Waals surface area contributed by atoms with Crippen molar-refractivity contribution in [3.8, 4) is 5.75 Å². The van der Waals surface area contributed by atoms with E-state index >= 15 is 0 Å². The summed E-state index contributed by atoms with van der Waals surface area (Å²) in [6.45, 7) is 3.06. The summed E-state index contributed by atoms with van der Waals surface area (Å²) < 4.78 is 12.9. The van der Waals surface area contributed by atoms with Gasteiger partial charge in [0, 0.05) is 17.0 Å². The van der Waals surface area contributed by atoms with E-state index in [1.54, 1.807) is 17.6 Å². The first-order valence-corrected chi connectivity index (χ1v) is 11.7. The lowest BCUT2D eigenvalue weighted by Gasteiger charge is -2.09. The van der Waals surface area contributed by atoms with Gasteiger partial charge < -0.3 is 14.5 Å². The molecule has 0 bridgehead atoms. The molecule has 0 radical (unpaired) electrons. The van der Waals surface area contributed by atoms with Crippen LogP contribution >= 0.6 is 23.1 Å². The summed E-state index contributed by atoms with van der Waals surface area (Å²) in [7, 11) is 0. The molecule has 1 aromatic carbocycles. The van der Waals surface area contributed by atoms with Gasteiger partial charge in [-0.25, -0.2) is 0 Å². The predicted octanol–water partition coefficient (Wildman–Crippen LogP) is 4.70. The highest BCUT2D eigenvalue weighted by atomic mass is 32.2. The highest BCUT2D eigenvalue weighted by Crippen LogP contribution is 2.23. The number of anilines is 1. The van der Waals surface area contributed by atoms with Gasteiger partial charge in [-0.1, -0.05) is 17.8 Å². The van der Waals surface area contributed by atoms with Gasteiger partial charge in [-0.2, -0.15) is 0 Å². The Hall–Kier alpha value is -3.04. The van der Waals surface area contributed by atoms with Crippen molar-refractivity contribution in [3.63, 3.8) is 0 Å². The number of hydrogen-bond donors (Lipinski definition) is 1. The number of benzene rings is 1. The number of aromatic nitrogens is 3. The van der Waals surface area contributed by atoms with Gasteiger partial charge in [-0.3, -0.25) is 9.36 Å². The van der Waals surface area contributed by atoms with E-state index in [4.69, 9.17) is 9.15 Å². The van der Waals surface area contributed by atoms with E-state index in [1.807, 2.05) is 59.3 Å². The number of rotatable bonds is 10. The summed E-state index contributed by atoms with van der Waals surface area (Å²) in [6, 6.07) is 15.2. The standard InChI is InChI=1S/C22H22N4O3S2/c1-2-28-17-9-7-16(8-10-17)23-21(27)15-31-22-25-24-20(13-19-6-4-12-30-19)26(22)14-18-5-3-11-29-18/h3-12H,2,13-15H2,1H3,(H,23,27). The van der Waals surface area contributed by atoms with Gasteiger partial charge in [0.2, 0.25) is 5.91 Å². The third kappa shape index (κ3) is 5.77. The smallest absolute Gasteiger partial charge is 0.234 e. The third-order valence-electron chi connectivity index (χ3n) is 4.38. The Morgan fingerprint density at radius 3 is 2.77 bits per heavy atom. The zero-order valence-electron chi connectivity index (χ0n) is 17.0. The summed E-state index contributed by atoms with van der Waals surface area (Å²) in [4.78, 5) is 13.7. The van der Waals surface area contributed by atoms with E-state index in [0.717, 1.165) is 23.0 Å². The molecule has 0 aliphatic heterocycles. The van der Waals surface area contributed by atoms with Crippen molar-refractivity contribution < 1.29 is 13.9 Å². The summed E-state index contributed by atoms with van der Waals surface area (Å²) in [6.07, 6.45) is 2.33. The lowest BCUT2D eigenvalue weighted by atomic mass is 10.3. The second-order valence-electron chi connectivity index (χ2n) is 6.61. The topological polar surface area (TPSA) is 82.2 Å². The van der Waals surface area contributed by atoms with Crippen LogP contribution in [0.5, 0.6) is 5.75 Å². The number of nitrogens with one attached hydrogen (secondary N) is 1. The van der Waals surface area contributed by atoms with Crippen LogP contribution in [0.4, 0.5) is 5.69 Å². The molecule has 3 aromatic heterocycles. The Bertz CT molecular complexity index is 1090. The molecule has 3 heterocycles. The molecule has 31 heavy (non-hydrogen) atoms. The second kappa shape index (κ2) is 10.3. The zero-order valence-corrected chi connectivity index (χ0v) is 18.6. The van der Waals surface area contributed by atoms with Crippen LogP contribution in [0.15, 0.2) is 69.7 Å². The van der Waals surface area contributed by atoms with Crippen molar-refractivity contribution in [1.82, 2.24) is 14.8 Å². The molecule has 1 N–H and O–H groups in total. The van der Waals surface area contributed by atoms with Crippen molar-refractivity contribution in [2.24, 2.45) is 0 Å². The van der Waals surface area contributed by atoms with Crippen LogP contribution in [0.2, 0.25) is 0 Å². The Labute approximate surface area is 188 Å². The van der Waals surface area contributed by atoms with E-state index in [1.165, 1.54) is 16.6 Å². The largest absolute Gasteiger partial charge is 0.494 e. The zero-order chi connectivity index (χ0) is 21.5. The normalized spacial score (nSPS) is 10.9. The maximum absolute atomic E-state index is 12.5. The number of carbonyl (C=O) groups is 1. The Balaban J connectivity index is 1.42. The molecule has 0 saturated heterocycles. The number of nitrogens with zero attached hydrogens (tertiary/aromatic N) is 3. The summed E-state index contributed by atoms with van der Waals surface area (Å²) in [5.74, 6) is 2.55. The molecular weight excluding hydrogens is 432 g/mol. The lowest BCUT2D eigenvalue weighted by Crippen LogP contribution is -2.15. The number of furan rings is 1. The van der Waals surface area contributed by atoms with Crippen molar-refractivity contribution in [1.29, 1.82) is 0 Å². The first-order valence-electron chi connectivity index (χ1n) is 9.83. The number of thioether (sulfide) groups is 1. The Morgan fingerprint density at radius 2 is 2.06 bits per heavy atom. The van der Waals surface area contributed by atoms with Crippen LogP contribution in [0.25, 0.3) is 0 Å². The minimum Gasteiger partial charge on any atom is -0.494 e. The lowest BCUT2D eigenvalue weighted by molar-refractivity contribution is -0.113. The molecule has 4 rings (SSSR count). The highest BCUT2D eigenvalue weighted by Gasteiger charge is 2.16. The van der Waals surface area contributed by atoms with Gasteiger partial charge in [0.25, 0.3) is 0 Å². The van der Waals surface area contributed by atoms with Crippen molar-refractivity contribution >= 4 is 34.7 Å². The average Bonchev–Trinajstić information content (AvgIpc) is 3.53. The molecule has 9 heteroatoms. The first-order chi connectivity index (χ1) is 15.2. The average molecular weight is 455 g/mol. The van der Waals surface area contributed by atoms with Gasteiger partial charge in [-0.15, -0.1) is 21.5 Å². The fourth-order valence-electron chi connectivity index (χ4n) is 2.97. The predicted molar refractivity (Wildman–Crippen MR) is 122 cm³/mol. The Morgan fingerprint density at radius 1 is 1.19 bits per heavy atom. The van der Waals surface area contributed by atoms with E-state index in [0.29, 0.717) is 24.7 Å². The molecule has 0 aliphatic carbocycles. The molecule has 0 aliphatic rings. The Kier molecular flexibility index (Phi) is 7.06. The minimum absolute atomic E-state index is 0.110. The number of thiophene rings is 1. The molecule has 0 unspecified atom stereocenters. The second-order valence-corrected chi connectivity index (χ2v) is 8.59. The number of carbonyl (C=O) groups excluding carboxylic acids is 1. The molecule has 7 nitrogen and oxygen atoms in total. The van der Waals surface area contributed by atoms with Crippen LogP contribution < -0.4 is 10.1 Å². The van der Waals surface area contributed by atoms with Crippen LogP contribution in [-0.2, 0) is 17.8 Å². The number of amides is 1. The molecule has 160 valence electrons. The van der Waals surface area contributed by atoms with Gasteiger partial charge in [0.1, 0.15) is 17.3 Å². The highest BCUT2D eigenvalue weighted by molar-refractivity contribution is 7.99. The van der Waals surface area contributed by atoms with Crippen LogP contribution in [0.3, 0.4) is 0 Å². The van der Waals surface area contributed by atoms with Gasteiger partial charge in [0.15, 0.2) is 5.16 Å². The number of ether oxygens (including phenoxy) is 1. The molecule has 0 spiro atoms. The van der Waals surface area contributed by atoms with Crippen LogP contribution in [0, 0.1) is 0 Å². The van der Waals surface area contributed by atoms with Crippen molar-refractivity contribution in [2.75, 3.05) is 17.7 Å². The maximum atomic E-state index is 12.5. The van der Waals surface area contributed by atoms with Gasteiger partial charge in [0.05, 0.1) is 25.2 Å². The summed E-state index contributed by atoms with van der Waals surface area (Å²) >= 11 is 3.04. The first kappa shape index (κ1) is 21.2.